The molecule has 0 fully saturated rings. The molecule has 10 nitrogen and oxygen atoms in total. The number of aliphatic hydroxyl groups is 2. The zero-order valence-corrected chi connectivity index (χ0v) is 25.2. The maximum Gasteiger partial charge on any atom is 1.00 e. The molecule has 3 N–H and O–H groups in total. The van der Waals surface area contributed by atoms with Gasteiger partial charge in [-0.2, -0.15) is 61.4 Å². The predicted octanol–water partition coefficient (Wildman–Crippen LogP) is -1.49. The minimum Gasteiger partial charge on any atom is -0.870 e. The minimum atomic E-state index is -8.42. The van der Waals surface area contributed by atoms with E-state index in [1.165, 1.54) is 14.1 Å². The van der Waals surface area contributed by atoms with Gasteiger partial charge in [0.1, 0.15) is 6.54 Å². The molecule has 1 unspecified atom stereocenters. The largest absolute Gasteiger partial charge is 1.00 e. The van der Waals surface area contributed by atoms with Crippen molar-refractivity contribution in [1.29, 1.82) is 0 Å². The third kappa shape index (κ3) is 9.38. The minimum absolute atomic E-state index is 0. The maximum atomic E-state index is 14.5. The van der Waals surface area contributed by atoms with Crippen molar-refractivity contribution in [3.8, 4) is 0 Å². The summed E-state index contributed by atoms with van der Waals surface area (Å²) in [7, 11) is -10.4. The molecule has 1 atom stereocenters. The molecule has 0 saturated heterocycles. The van der Waals surface area contributed by atoms with Crippen LogP contribution < -0.4 is 29.6 Å². The SMILES string of the molecule is C[N+](C)(CCO)CCCN(CC(O)CS(=O)(=O)[O-])S(=O)(=O)C(F)(F)C(F)(F)C(F)(F)C(F)(F)C(F)(F)C(F)(F)F.[Na+].[OH-]. The van der Waals surface area contributed by atoms with Crippen LogP contribution in [0.4, 0.5) is 57.1 Å². The molecule has 0 spiro atoms. The average molecular weight is 706 g/mol. The Morgan fingerprint density at radius 3 is 1.55 bits per heavy atom. The Morgan fingerprint density at radius 2 is 1.19 bits per heavy atom. The number of nitrogens with zero attached hydrogens (tertiary/aromatic N) is 2. The van der Waals surface area contributed by atoms with Gasteiger partial charge in [-0.3, -0.25) is 0 Å². The number of hydrogen-bond acceptors (Lipinski definition) is 8. The topological polar surface area (TPSA) is 165 Å². The molecule has 0 amide bonds. The van der Waals surface area contributed by atoms with Crippen LogP contribution in [0.25, 0.3) is 0 Å². The fourth-order valence-corrected chi connectivity index (χ4v) is 5.06. The van der Waals surface area contributed by atoms with Gasteiger partial charge in [0.2, 0.25) is 0 Å². The van der Waals surface area contributed by atoms with Gasteiger partial charge in [0.25, 0.3) is 10.0 Å². The van der Waals surface area contributed by atoms with Crippen LogP contribution >= 0.6 is 0 Å². The van der Waals surface area contributed by atoms with E-state index in [9.17, 15) is 83.6 Å². The summed E-state index contributed by atoms with van der Waals surface area (Å²) < 4.78 is 230. The zero-order valence-electron chi connectivity index (χ0n) is 21.5. The van der Waals surface area contributed by atoms with Crippen molar-refractivity contribution in [3.05, 3.63) is 0 Å². The molecule has 26 heteroatoms. The first-order chi connectivity index (χ1) is 17.3. The van der Waals surface area contributed by atoms with Crippen molar-refractivity contribution in [2.75, 3.05) is 52.6 Å². The molecule has 0 bridgehead atoms. The molecule has 0 rings (SSSR count). The predicted molar refractivity (Wildman–Crippen MR) is 107 cm³/mol. The van der Waals surface area contributed by atoms with Gasteiger partial charge in [0, 0.05) is 19.5 Å². The van der Waals surface area contributed by atoms with E-state index >= 15 is 0 Å². The van der Waals surface area contributed by atoms with Crippen LogP contribution in [-0.2, 0) is 20.1 Å². The van der Waals surface area contributed by atoms with E-state index in [0.29, 0.717) is 0 Å². The Morgan fingerprint density at radius 1 is 0.786 bits per heavy atom. The van der Waals surface area contributed by atoms with Crippen LogP contribution in [0, 0.1) is 0 Å². The Balaban J connectivity index is -0.00000760. The Hall–Kier alpha value is -0.250. The molecule has 0 aromatic rings. The third-order valence-corrected chi connectivity index (χ3v) is 7.96. The number of quaternary nitrogens is 1. The van der Waals surface area contributed by atoms with E-state index in [1.54, 1.807) is 0 Å². The Labute approximate surface area is 252 Å². The fourth-order valence-electron chi connectivity index (χ4n) is 2.97. The summed E-state index contributed by atoms with van der Waals surface area (Å²) in [6.07, 6.45) is -11.3. The van der Waals surface area contributed by atoms with E-state index in [2.05, 4.69) is 0 Å². The summed E-state index contributed by atoms with van der Waals surface area (Å²) in [5.41, 5.74) is 0. The molecule has 0 aromatic carbocycles. The summed E-state index contributed by atoms with van der Waals surface area (Å²) in [5.74, 6) is -35.1. The molecule has 0 heterocycles. The van der Waals surface area contributed by atoms with Crippen molar-refractivity contribution in [3.63, 3.8) is 0 Å². The van der Waals surface area contributed by atoms with Gasteiger partial charge >= 0.3 is 64.7 Å². The van der Waals surface area contributed by atoms with Gasteiger partial charge in [-0.25, -0.2) is 16.8 Å². The summed E-state index contributed by atoms with van der Waals surface area (Å²) in [5, 5.41) is 10.9. The molecule has 0 aliphatic carbocycles. The zero-order chi connectivity index (χ0) is 32.6. The fraction of sp³-hybridized carbons (Fsp3) is 1.00. The van der Waals surface area contributed by atoms with E-state index in [1.807, 2.05) is 0 Å². The van der Waals surface area contributed by atoms with Gasteiger partial charge in [0.15, 0.2) is 0 Å². The Kier molecular flexibility index (Phi) is 15.9. The summed E-state index contributed by atoms with van der Waals surface area (Å²) in [6.45, 7) is -4.60. The number of hydrogen-bond donors (Lipinski definition) is 2. The standard InChI is InChI=1S/C16H23F13N2O7S2.Na.H2O/c1-31(2,6-7-32)5-3-4-30(8-10(33)9-39(34,35)36)40(37,38)16(28,29)14(23,24)12(19,20)11(17,18)13(21,22)15(25,26)27;;/h10,32-33H,3-9H2,1-2H3;;1H2/q;+1;/p-1. The summed E-state index contributed by atoms with van der Waals surface area (Å²) in [4.78, 5) is 0. The molecule has 0 radical (unpaired) electrons. The molecule has 0 aliphatic rings. The normalized spacial score (nSPS) is 15.7. The molecular weight excluding hydrogens is 682 g/mol. The second-order valence-corrected chi connectivity index (χ2v) is 12.4. The molecule has 0 aliphatic heterocycles. The van der Waals surface area contributed by atoms with Gasteiger partial charge in [-0.1, -0.05) is 0 Å². The van der Waals surface area contributed by atoms with E-state index < -0.39 is 97.5 Å². The van der Waals surface area contributed by atoms with Crippen molar-refractivity contribution >= 4 is 20.1 Å². The van der Waals surface area contributed by atoms with Crippen molar-refractivity contribution in [2.24, 2.45) is 0 Å². The number of sulfonamides is 1. The first kappa shape index (κ1) is 46.2. The number of alkyl halides is 13. The first-order valence-electron chi connectivity index (χ1n) is 10.3. The number of likely N-dealkylation sites (N-methyl/N-ethyl adjacent to an activating group) is 1. The molecular formula is C16H24F13N2NaO8S2. The van der Waals surface area contributed by atoms with E-state index in [0.717, 1.165) is 0 Å². The number of aliphatic hydroxyl groups excluding tert-OH is 2. The van der Waals surface area contributed by atoms with Gasteiger partial charge < -0.3 is 24.7 Å². The third-order valence-electron chi connectivity index (χ3n) is 5.26. The number of halogens is 13. The molecule has 0 saturated carbocycles. The van der Waals surface area contributed by atoms with Crippen LogP contribution in [0.2, 0.25) is 0 Å². The van der Waals surface area contributed by atoms with Gasteiger partial charge in [0.05, 0.1) is 49.2 Å². The van der Waals surface area contributed by atoms with Gasteiger partial charge in [-0.15, -0.1) is 0 Å². The van der Waals surface area contributed by atoms with Crippen LogP contribution in [0.1, 0.15) is 6.42 Å². The van der Waals surface area contributed by atoms with E-state index in [4.69, 9.17) is 5.11 Å². The van der Waals surface area contributed by atoms with Crippen LogP contribution in [-0.4, -0.2) is 140 Å². The molecule has 250 valence electrons. The smallest absolute Gasteiger partial charge is 0.870 e. The maximum absolute atomic E-state index is 14.5. The van der Waals surface area contributed by atoms with Crippen LogP contribution in [0.5, 0.6) is 0 Å². The Bertz CT molecular complexity index is 1090. The number of rotatable bonds is 16. The average Bonchev–Trinajstić information content (AvgIpc) is 2.69. The van der Waals surface area contributed by atoms with Crippen molar-refractivity contribution in [2.45, 2.75) is 47.6 Å². The first-order valence-corrected chi connectivity index (χ1v) is 13.3. The van der Waals surface area contributed by atoms with Crippen molar-refractivity contribution in [1.82, 2.24) is 4.31 Å². The summed E-state index contributed by atoms with van der Waals surface area (Å²) in [6, 6.07) is 0. The summed E-state index contributed by atoms with van der Waals surface area (Å²) >= 11 is 0. The van der Waals surface area contributed by atoms with Crippen LogP contribution in [0.15, 0.2) is 0 Å². The monoisotopic (exact) mass is 706 g/mol. The van der Waals surface area contributed by atoms with Crippen LogP contribution in [0.3, 0.4) is 0 Å². The second kappa shape index (κ2) is 14.5. The second-order valence-electron chi connectivity index (χ2n) is 9.01. The van der Waals surface area contributed by atoms with Gasteiger partial charge in [-0.05, 0) is 0 Å². The van der Waals surface area contributed by atoms with Crippen molar-refractivity contribution < 1.29 is 128 Å². The molecule has 0 aromatic heterocycles. The molecule has 42 heavy (non-hydrogen) atoms. The quantitative estimate of drug-likeness (QED) is 0.0849. The van der Waals surface area contributed by atoms with E-state index in [-0.39, 0.29) is 52.6 Å².